The van der Waals surface area contributed by atoms with Crippen molar-refractivity contribution in [3.05, 3.63) is 96.2 Å². The Morgan fingerprint density at radius 3 is 2.23 bits per heavy atom. The van der Waals surface area contributed by atoms with Crippen molar-refractivity contribution in [3.63, 3.8) is 0 Å². The summed E-state index contributed by atoms with van der Waals surface area (Å²) in [4.78, 5) is 19.5. The molecule has 1 saturated heterocycles. The highest BCUT2D eigenvalue weighted by Crippen LogP contribution is 2.43. The van der Waals surface area contributed by atoms with Crippen molar-refractivity contribution in [1.29, 1.82) is 0 Å². The average Bonchev–Trinajstić information content (AvgIpc) is 3.08. The number of amides is 1. The van der Waals surface area contributed by atoms with Gasteiger partial charge in [-0.15, -0.1) is 0 Å². The molecular weight excluding hydrogens is 622 g/mol. The van der Waals surface area contributed by atoms with Crippen LogP contribution in [0.25, 0.3) is 0 Å². The van der Waals surface area contributed by atoms with Gasteiger partial charge >= 0.3 is 0 Å². The Hall–Kier alpha value is -4.81. The third-order valence-corrected chi connectivity index (χ3v) is 8.77. The molecule has 1 amide bonds. The van der Waals surface area contributed by atoms with Crippen LogP contribution in [-0.4, -0.2) is 70.8 Å². The fourth-order valence-corrected chi connectivity index (χ4v) is 5.90. The van der Waals surface area contributed by atoms with E-state index in [9.17, 15) is 13.2 Å². The zero-order valence-electron chi connectivity index (χ0n) is 26.9. The standard InChI is InChI=1S/C35H39N3O8S/c1-35(2,3)26-12-14-27(15-13-26)47(40,41)37-28-23-25(34(39)38-17-19-43-20-18-38)24-31(44-21-22-45-32-11-7-8-16-36-32)33(28)46-30-10-6-5-9-29(30)42-4/h5-16,23-24,37H,17-22H2,1-4H3. The zero-order valence-corrected chi connectivity index (χ0v) is 27.7. The van der Waals surface area contributed by atoms with E-state index in [2.05, 4.69) is 30.5 Å². The van der Waals surface area contributed by atoms with E-state index in [0.29, 0.717) is 43.7 Å². The molecular formula is C35H39N3O8S. The lowest BCUT2D eigenvalue weighted by Gasteiger charge is -2.27. The van der Waals surface area contributed by atoms with Crippen LogP contribution in [0.3, 0.4) is 0 Å². The predicted octanol–water partition coefficient (Wildman–Crippen LogP) is 5.91. The highest BCUT2D eigenvalue weighted by Gasteiger charge is 2.27. The molecule has 1 aliphatic rings. The van der Waals surface area contributed by atoms with Gasteiger partial charge < -0.3 is 28.6 Å². The number of carbonyl (C=O) groups excluding carboxylic acids is 1. The molecule has 0 radical (unpaired) electrons. The number of methoxy groups -OCH3 is 1. The summed E-state index contributed by atoms with van der Waals surface area (Å²) in [6, 6.07) is 21.9. The molecule has 12 heteroatoms. The van der Waals surface area contributed by atoms with E-state index >= 15 is 0 Å². The third-order valence-electron chi connectivity index (χ3n) is 7.38. The number of morpholine rings is 1. The maximum Gasteiger partial charge on any atom is 0.262 e. The summed E-state index contributed by atoms with van der Waals surface area (Å²) in [6.45, 7) is 7.91. The molecule has 0 atom stereocenters. The largest absolute Gasteiger partial charge is 0.493 e. The van der Waals surface area contributed by atoms with E-state index in [0.717, 1.165) is 5.56 Å². The first-order chi connectivity index (χ1) is 22.5. The summed E-state index contributed by atoms with van der Waals surface area (Å²) in [6.07, 6.45) is 1.62. The number of para-hydroxylation sites is 2. The summed E-state index contributed by atoms with van der Waals surface area (Å²) in [5.41, 5.74) is 1.04. The lowest BCUT2D eigenvalue weighted by molar-refractivity contribution is 0.0302. The smallest absolute Gasteiger partial charge is 0.262 e. The molecule has 0 aliphatic carbocycles. The van der Waals surface area contributed by atoms with Gasteiger partial charge in [0, 0.05) is 30.9 Å². The number of nitrogens with zero attached hydrogens (tertiary/aromatic N) is 2. The number of hydrogen-bond acceptors (Lipinski definition) is 9. The molecule has 0 unspecified atom stereocenters. The Labute approximate surface area is 275 Å². The van der Waals surface area contributed by atoms with Gasteiger partial charge in [0.1, 0.15) is 13.2 Å². The molecule has 11 nitrogen and oxygen atoms in total. The van der Waals surface area contributed by atoms with Crippen molar-refractivity contribution in [2.24, 2.45) is 0 Å². The van der Waals surface area contributed by atoms with E-state index in [1.807, 2.05) is 0 Å². The van der Waals surface area contributed by atoms with Crippen molar-refractivity contribution in [1.82, 2.24) is 9.88 Å². The van der Waals surface area contributed by atoms with Gasteiger partial charge in [-0.1, -0.05) is 51.1 Å². The Bertz CT molecular complexity index is 1770. The van der Waals surface area contributed by atoms with Gasteiger partial charge in [-0.05, 0) is 53.4 Å². The molecule has 0 bridgehead atoms. The van der Waals surface area contributed by atoms with Gasteiger partial charge in [0.25, 0.3) is 15.9 Å². The van der Waals surface area contributed by atoms with Gasteiger partial charge in [-0.25, -0.2) is 13.4 Å². The molecule has 3 aromatic carbocycles. The second kappa shape index (κ2) is 14.7. The molecule has 1 fully saturated rings. The number of ether oxygens (including phenoxy) is 5. The van der Waals surface area contributed by atoms with Crippen LogP contribution in [0.4, 0.5) is 5.69 Å². The van der Waals surface area contributed by atoms with Crippen molar-refractivity contribution < 1.29 is 36.9 Å². The lowest BCUT2D eigenvalue weighted by atomic mass is 9.87. The molecule has 1 aliphatic heterocycles. The van der Waals surface area contributed by atoms with E-state index in [1.54, 1.807) is 83.9 Å². The molecule has 0 spiro atoms. The summed E-state index contributed by atoms with van der Waals surface area (Å²) < 4.78 is 59.4. The van der Waals surface area contributed by atoms with Crippen LogP contribution in [-0.2, 0) is 20.2 Å². The number of anilines is 1. The van der Waals surface area contributed by atoms with Gasteiger partial charge in [-0.2, -0.15) is 0 Å². The molecule has 2 heterocycles. The minimum atomic E-state index is -4.15. The highest BCUT2D eigenvalue weighted by atomic mass is 32.2. The SMILES string of the molecule is COc1ccccc1Oc1c(NS(=O)(=O)c2ccc(C(C)(C)C)cc2)cc(C(=O)N2CCOCC2)cc1OCCOc1ccccn1. The number of aromatic nitrogens is 1. The summed E-state index contributed by atoms with van der Waals surface area (Å²) >= 11 is 0. The average molecular weight is 662 g/mol. The summed E-state index contributed by atoms with van der Waals surface area (Å²) in [7, 11) is -2.64. The van der Waals surface area contributed by atoms with Crippen LogP contribution < -0.4 is 23.7 Å². The number of rotatable bonds is 12. The number of hydrogen-bond donors (Lipinski definition) is 1. The van der Waals surface area contributed by atoms with Crippen molar-refractivity contribution in [2.45, 2.75) is 31.1 Å². The van der Waals surface area contributed by atoms with E-state index < -0.39 is 10.0 Å². The van der Waals surface area contributed by atoms with E-state index in [1.165, 1.54) is 13.2 Å². The van der Waals surface area contributed by atoms with Gasteiger partial charge in [0.05, 0.1) is 30.9 Å². The maximum absolute atomic E-state index is 13.8. The first-order valence-corrected chi connectivity index (χ1v) is 16.7. The molecule has 1 N–H and O–H groups in total. The van der Waals surface area contributed by atoms with Crippen molar-refractivity contribution >= 4 is 21.6 Å². The van der Waals surface area contributed by atoms with Crippen LogP contribution in [0.5, 0.6) is 28.9 Å². The fourth-order valence-electron chi connectivity index (χ4n) is 4.84. The summed E-state index contributed by atoms with van der Waals surface area (Å²) in [5, 5.41) is 0. The van der Waals surface area contributed by atoms with Crippen LogP contribution in [0.1, 0.15) is 36.7 Å². The first kappa shape index (κ1) is 33.6. The number of benzene rings is 3. The predicted molar refractivity (Wildman–Crippen MR) is 177 cm³/mol. The van der Waals surface area contributed by atoms with Crippen molar-refractivity contribution in [3.8, 4) is 28.9 Å². The molecule has 0 saturated carbocycles. The van der Waals surface area contributed by atoms with Gasteiger partial charge in [-0.3, -0.25) is 9.52 Å². The molecule has 5 rings (SSSR count). The Morgan fingerprint density at radius 1 is 0.894 bits per heavy atom. The van der Waals surface area contributed by atoms with Crippen LogP contribution in [0.2, 0.25) is 0 Å². The van der Waals surface area contributed by atoms with Crippen LogP contribution >= 0.6 is 0 Å². The van der Waals surface area contributed by atoms with Gasteiger partial charge in [0.15, 0.2) is 23.0 Å². The normalized spacial score (nSPS) is 13.5. The zero-order chi connectivity index (χ0) is 33.4. The molecule has 248 valence electrons. The molecule has 47 heavy (non-hydrogen) atoms. The van der Waals surface area contributed by atoms with E-state index in [-0.39, 0.29) is 52.2 Å². The molecule has 1 aromatic heterocycles. The lowest BCUT2D eigenvalue weighted by Crippen LogP contribution is -2.40. The van der Waals surface area contributed by atoms with Gasteiger partial charge in [0.2, 0.25) is 5.88 Å². The van der Waals surface area contributed by atoms with E-state index in [4.69, 9.17) is 23.7 Å². The Kier molecular flexibility index (Phi) is 10.5. The highest BCUT2D eigenvalue weighted by molar-refractivity contribution is 7.92. The maximum atomic E-state index is 13.8. The topological polar surface area (TPSA) is 126 Å². The number of sulfonamides is 1. The quantitative estimate of drug-likeness (QED) is 0.185. The van der Waals surface area contributed by atoms with Crippen molar-refractivity contribution in [2.75, 3.05) is 51.3 Å². The van der Waals surface area contributed by atoms with Crippen LogP contribution in [0, 0.1) is 0 Å². The number of nitrogens with one attached hydrogen (secondary N) is 1. The van der Waals surface area contributed by atoms with Crippen LogP contribution in [0.15, 0.2) is 90.0 Å². The first-order valence-electron chi connectivity index (χ1n) is 15.2. The molecule has 4 aromatic rings. The third kappa shape index (κ3) is 8.52. The number of pyridine rings is 1. The Balaban J connectivity index is 1.56. The minimum absolute atomic E-state index is 0.00978. The Morgan fingerprint density at radius 2 is 1.57 bits per heavy atom. The monoisotopic (exact) mass is 661 g/mol. The fraction of sp³-hybridized carbons (Fsp3) is 0.314. The number of carbonyl (C=O) groups is 1. The second-order valence-corrected chi connectivity index (χ2v) is 13.4. The minimum Gasteiger partial charge on any atom is -0.493 e. The second-order valence-electron chi connectivity index (χ2n) is 11.8. The summed E-state index contributed by atoms with van der Waals surface area (Å²) in [5.74, 6) is 1.01.